The molecular weight excluding hydrogens is 438 g/mol. The minimum atomic E-state index is -0.693. The number of aliphatic hydroxyl groups is 1. The summed E-state index contributed by atoms with van der Waals surface area (Å²) in [5.74, 6) is -0.730. The summed E-state index contributed by atoms with van der Waals surface area (Å²) < 4.78 is 5.90. The van der Waals surface area contributed by atoms with Crippen LogP contribution in [0, 0.1) is 13.8 Å². The van der Waals surface area contributed by atoms with E-state index in [-0.39, 0.29) is 23.5 Å². The van der Waals surface area contributed by atoms with Gasteiger partial charge < -0.3 is 14.7 Å². The lowest BCUT2D eigenvalue weighted by Crippen LogP contribution is -2.29. The summed E-state index contributed by atoms with van der Waals surface area (Å²) in [6.07, 6.45) is 0. The van der Waals surface area contributed by atoms with Crippen LogP contribution in [0.1, 0.15) is 54.6 Å². The number of ether oxygens (including phenoxy) is 1. The number of carbonyl (C=O) groups excluding carboxylic acids is 2. The quantitative estimate of drug-likeness (QED) is 0.278. The molecule has 0 spiro atoms. The van der Waals surface area contributed by atoms with Crippen LogP contribution in [0.3, 0.4) is 0 Å². The zero-order valence-electron chi connectivity index (χ0n) is 20.8. The van der Waals surface area contributed by atoms with E-state index in [1.807, 2.05) is 95.3 Å². The molecule has 1 unspecified atom stereocenters. The average molecular weight is 470 g/mol. The number of aryl methyl sites for hydroxylation is 2. The number of likely N-dealkylation sites (tertiary alicyclic amines) is 1. The molecule has 0 bridgehead atoms. The SMILES string of the molecule is Cc1ccc(/C(O)=C2/C(=O)C(=O)N(Cc3ccc(OC(C)(C)C)cc3)C2c2cccc(C)c2)cc1. The van der Waals surface area contributed by atoms with Gasteiger partial charge in [0.2, 0.25) is 0 Å². The van der Waals surface area contributed by atoms with Crippen molar-refractivity contribution in [3.63, 3.8) is 0 Å². The Kier molecular flexibility index (Phi) is 6.53. The zero-order valence-corrected chi connectivity index (χ0v) is 20.8. The number of amides is 1. The van der Waals surface area contributed by atoms with E-state index in [1.165, 1.54) is 4.90 Å². The van der Waals surface area contributed by atoms with E-state index in [4.69, 9.17) is 4.74 Å². The first-order valence-corrected chi connectivity index (χ1v) is 11.7. The van der Waals surface area contributed by atoms with Gasteiger partial charge in [0.25, 0.3) is 11.7 Å². The fourth-order valence-electron chi connectivity index (χ4n) is 4.31. The van der Waals surface area contributed by atoms with E-state index < -0.39 is 17.7 Å². The van der Waals surface area contributed by atoms with E-state index in [0.29, 0.717) is 5.56 Å². The molecule has 5 nitrogen and oxygen atoms in total. The molecule has 1 aliphatic heterocycles. The Hall–Kier alpha value is -3.86. The van der Waals surface area contributed by atoms with E-state index in [9.17, 15) is 14.7 Å². The zero-order chi connectivity index (χ0) is 25.3. The first kappa shape index (κ1) is 24.3. The van der Waals surface area contributed by atoms with Crippen molar-refractivity contribution in [1.82, 2.24) is 4.90 Å². The highest BCUT2D eigenvalue weighted by atomic mass is 16.5. The number of hydrogen-bond acceptors (Lipinski definition) is 4. The van der Waals surface area contributed by atoms with Crippen LogP contribution in [0.25, 0.3) is 5.76 Å². The van der Waals surface area contributed by atoms with Gasteiger partial charge in [0.1, 0.15) is 17.1 Å². The predicted molar refractivity (Wildman–Crippen MR) is 137 cm³/mol. The molecule has 1 aliphatic rings. The smallest absolute Gasteiger partial charge is 0.295 e. The minimum Gasteiger partial charge on any atom is -0.507 e. The maximum absolute atomic E-state index is 13.2. The van der Waals surface area contributed by atoms with Crippen molar-refractivity contribution in [3.8, 4) is 5.75 Å². The van der Waals surface area contributed by atoms with Crippen LogP contribution in [-0.4, -0.2) is 27.3 Å². The van der Waals surface area contributed by atoms with E-state index >= 15 is 0 Å². The highest BCUT2D eigenvalue weighted by molar-refractivity contribution is 6.46. The lowest BCUT2D eigenvalue weighted by molar-refractivity contribution is -0.140. The molecule has 3 aromatic rings. The number of Topliss-reactive ketones (excluding diaryl/α,β-unsaturated/α-hetero) is 1. The van der Waals surface area contributed by atoms with Crippen LogP contribution in [-0.2, 0) is 16.1 Å². The van der Waals surface area contributed by atoms with Gasteiger partial charge in [-0.1, -0.05) is 71.8 Å². The topological polar surface area (TPSA) is 66.8 Å². The van der Waals surface area contributed by atoms with Gasteiger partial charge in [0.15, 0.2) is 0 Å². The largest absolute Gasteiger partial charge is 0.507 e. The molecule has 1 amide bonds. The molecule has 1 atom stereocenters. The summed E-state index contributed by atoms with van der Waals surface area (Å²) >= 11 is 0. The van der Waals surface area contributed by atoms with Crippen molar-refractivity contribution in [2.45, 2.75) is 52.8 Å². The molecule has 0 saturated carbocycles. The molecule has 0 aromatic heterocycles. The van der Waals surface area contributed by atoms with Crippen LogP contribution in [0.15, 0.2) is 78.4 Å². The normalized spacial score (nSPS) is 17.6. The van der Waals surface area contributed by atoms with Crippen LogP contribution in [0.2, 0.25) is 0 Å². The van der Waals surface area contributed by atoms with Crippen molar-refractivity contribution in [2.75, 3.05) is 0 Å². The van der Waals surface area contributed by atoms with Gasteiger partial charge in [-0.05, 0) is 57.9 Å². The number of rotatable bonds is 5. The third-order valence-electron chi connectivity index (χ3n) is 5.92. The van der Waals surface area contributed by atoms with E-state index in [1.54, 1.807) is 12.1 Å². The predicted octanol–water partition coefficient (Wildman–Crippen LogP) is 6.10. The number of ketones is 1. The van der Waals surface area contributed by atoms with Crippen molar-refractivity contribution in [2.24, 2.45) is 0 Å². The molecule has 0 radical (unpaired) electrons. The minimum absolute atomic E-state index is 0.108. The maximum Gasteiger partial charge on any atom is 0.295 e. The van der Waals surface area contributed by atoms with Gasteiger partial charge in [-0.25, -0.2) is 0 Å². The number of nitrogens with zero attached hydrogens (tertiary/aromatic N) is 1. The molecule has 1 N–H and O–H groups in total. The van der Waals surface area contributed by atoms with Crippen LogP contribution >= 0.6 is 0 Å². The molecule has 4 rings (SSSR count). The number of aliphatic hydroxyl groups excluding tert-OH is 1. The van der Waals surface area contributed by atoms with Gasteiger partial charge in [-0.15, -0.1) is 0 Å². The second-order valence-corrected chi connectivity index (χ2v) is 10.1. The van der Waals surface area contributed by atoms with Crippen LogP contribution in [0.4, 0.5) is 0 Å². The standard InChI is InChI=1S/C30H31NO4/c1-19-9-13-22(14-10-19)27(32)25-26(23-8-6-7-20(2)17-23)31(29(34)28(25)33)18-21-11-15-24(16-12-21)35-30(3,4)5/h6-17,26,32H,18H2,1-5H3/b27-25-. The Bertz CT molecular complexity index is 1280. The summed E-state index contributed by atoms with van der Waals surface area (Å²) in [6, 6.07) is 21.8. The Morgan fingerprint density at radius 3 is 2.17 bits per heavy atom. The first-order valence-electron chi connectivity index (χ1n) is 11.7. The van der Waals surface area contributed by atoms with Crippen LogP contribution < -0.4 is 4.74 Å². The average Bonchev–Trinajstić information content (AvgIpc) is 3.04. The Balaban J connectivity index is 1.76. The summed E-state index contributed by atoms with van der Waals surface area (Å²) in [5, 5.41) is 11.2. The summed E-state index contributed by atoms with van der Waals surface area (Å²) in [4.78, 5) is 28.0. The first-order chi connectivity index (χ1) is 16.5. The number of hydrogen-bond donors (Lipinski definition) is 1. The second kappa shape index (κ2) is 9.41. The van der Waals surface area contributed by atoms with E-state index in [2.05, 4.69) is 0 Å². The van der Waals surface area contributed by atoms with Gasteiger partial charge in [0, 0.05) is 12.1 Å². The molecular formula is C30H31NO4. The summed E-state index contributed by atoms with van der Waals surface area (Å²) in [6.45, 7) is 10.1. The summed E-state index contributed by atoms with van der Waals surface area (Å²) in [7, 11) is 0. The monoisotopic (exact) mass is 469 g/mol. The highest BCUT2D eigenvalue weighted by Crippen LogP contribution is 2.40. The maximum atomic E-state index is 13.2. The fourth-order valence-corrected chi connectivity index (χ4v) is 4.31. The van der Waals surface area contributed by atoms with Crippen molar-refractivity contribution >= 4 is 17.4 Å². The molecule has 5 heteroatoms. The molecule has 35 heavy (non-hydrogen) atoms. The fraction of sp³-hybridized carbons (Fsp3) is 0.267. The number of benzene rings is 3. The third kappa shape index (κ3) is 5.29. The molecule has 0 aliphatic carbocycles. The molecule has 3 aromatic carbocycles. The number of carbonyl (C=O) groups is 2. The Labute approximate surface area is 206 Å². The van der Waals surface area contributed by atoms with Gasteiger partial charge in [-0.2, -0.15) is 0 Å². The summed E-state index contributed by atoms with van der Waals surface area (Å²) in [5.41, 5.74) is 3.99. The molecule has 1 heterocycles. The highest BCUT2D eigenvalue weighted by Gasteiger charge is 2.46. The van der Waals surface area contributed by atoms with E-state index in [0.717, 1.165) is 28.0 Å². The van der Waals surface area contributed by atoms with Gasteiger partial charge >= 0.3 is 0 Å². The molecule has 180 valence electrons. The van der Waals surface area contributed by atoms with Gasteiger partial charge in [0.05, 0.1) is 11.6 Å². The molecule has 1 fully saturated rings. The van der Waals surface area contributed by atoms with Crippen molar-refractivity contribution in [3.05, 3.63) is 106 Å². The molecule has 1 saturated heterocycles. The van der Waals surface area contributed by atoms with Gasteiger partial charge in [-0.3, -0.25) is 9.59 Å². The Morgan fingerprint density at radius 2 is 1.57 bits per heavy atom. The van der Waals surface area contributed by atoms with Crippen LogP contribution in [0.5, 0.6) is 5.75 Å². The Morgan fingerprint density at radius 1 is 0.914 bits per heavy atom. The lowest BCUT2D eigenvalue weighted by atomic mass is 9.94. The third-order valence-corrected chi connectivity index (χ3v) is 5.92. The van der Waals surface area contributed by atoms with Crippen molar-refractivity contribution in [1.29, 1.82) is 0 Å². The van der Waals surface area contributed by atoms with Crippen molar-refractivity contribution < 1.29 is 19.4 Å². The second-order valence-electron chi connectivity index (χ2n) is 10.1. The lowest BCUT2D eigenvalue weighted by Gasteiger charge is -2.26.